The number of hydrogen-bond donors (Lipinski definition) is 1. The number of anilines is 1. The van der Waals surface area contributed by atoms with Gasteiger partial charge in [0, 0.05) is 18.3 Å². The molecule has 0 unspecified atom stereocenters. The van der Waals surface area contributed by atoms with Gasteiger partial charge in [0.1, 0.15) is 5.69 Å². The molecular weight excluding hydrogens is 254 g/mol. The van der Waals surface area contributed by atoms with Crippen molar-refractivity contribution in [1.82, 2.24) is 30.0 Å². The first-order valence-corrected chi connectivity index (χ1v) is 6.22. The number of tetrazole rings is 1. The van der Waals surface area contributed by atoms with Gasteiger partial charge >= 0.3 is 0 Å². The standard InChI is InChI=1S/C13H15N7/c1-8-4-5-11(14)10(6-8)13-15-17-18-20(13)12-7-19(3)16-9(12)2/h4-7H,14H2,1-3H3. The summed E-state index contributed by atoms with van der Waals surface area (Å²) in [5, 5.41) is 16.2. The van der Waals surface area contributed by atoms with Gasteiger partial charge in [-0.15, -0.1) is 5.10 Å². The quantitative estimate of drug-likeness (QED) is 0.708. The number of nitrogens with zero attached hydrogens (tertiary/aromatic N) is 6. The SMILES string of the molecule is Cc1ccc(N)c(-c2nnnn2-c2cn(C)nc2C)c1. The lowest BCUT2D eigenvalue weighted by Crippen LogP contribution is -2.02. The van der Waals surface area contributed by atoms with E-state index in [-0.39, 0.29) is 0 Å². The van der Waals surface area contributed by atoms with E-state index < -0.39 is 0 Å². The summed E-state index contributed by atoms with van der Waals surface area (Å²) >= 11 is 0. The molecule has 0 radical (unpaired) electrons. The van der Waals surface area contributed by atoms with Gasteiger partial charge in [-0.05, 0) is 36.4 Å². The fourth-order valence-electron chi connectivity index (χ4n) is 2.18. The van der Waals surface area contributed by atoms with Crippen LogP contribution < -0.4 is 5.73 Å². The third-order valence-electron chi connectivity index (χ3n) is 3.13. The van der Waals surface area contributed by atoms with E-state index in [1.807, 2.05) is 45.3 Å². The molecular formula is C13H15N7. The Morgan fingerprint density at radius 2 is 2.00 bits per heavy atom. The van der Waals surface area contributed by atoms with E-state index in [0.29, 0.717) is 11.5 Å². The summed E-state index contributed by atoms with van der Waals surface area (Å²) in [6.07, 6.45) is 1.88. The average molecular weight is 269 g/mol. The van der Waals surface area contributed by atoms with Crippen molar-refractivity contribution in [2.45, 2.75) is 13.8 Å². The first-order valence-electron chi connectivity index (χ1n) is 6.22. The predicted molar refractivity (Wildman–Crippen MR) is 75.2 cm³/mol. The lowest BCUT2D eigenvalue weighted by molar-refractivity contribution is 0.755. The zero-order valence-electron chi connectivity index (χ0n) is 11.6. The summed E-state index contributed by atoms with van der Waals surface area (Å²) in [7, 11) is 1.86. The molecule has 7 nitrogen and oxygen atoms in total. The average Bonchev–Trinajstić information content (AvgIpc) is 2.98. The molecule has 2 aromatic heterocycles. The third kappa shape index (κ3) is 1.93. The minimum absolute atomic E-state index is 0.613. The summed E-state index contributed by atoms with van der Waals surface area (Å²) < 4.78 is 3.39. The Morgan fingerprint density at radius 3 is 2.70 bits per heavy atom. The van der Waals surface area contributed by atoms with Crippen molar-refractivity contribution in [1.29, 1.82) is 0 Å². The summed E-state index contributed by atoms with van der Waals surface area (Å²) in [6.45, 7) is 3.92. The van der Waals surface area contributed by atoms with Crippen LogP contribution in [0.2, 0.25) is 0 Å². The molecule has 20 heavy (non-hydrogen) atoms. The van der Waals surface area contributed by atoms with Crippen LogP contribution in [0.25, 0.3) is 17.1 Å². The highest BCUT2D eigenvalue weighted by Gasteiger charge is 2.16. The zero-order valence-corrected chi connectivity index (χ0v) is 11.6. The van der Waals surface area contributed by atoms with Gasteiger partial charge in [0.2, 0.25) is 0 Å². The topological polar surface area (TPSA) is 87.4 Å². The van der Waals surface area contributed by atoms with Crippen LogP contribution in [0, 0.1) is 13.8 Å². The second kappa shape index (κ2) is 4.44. The molecule has 0 atom stereocenters. The predicted octanol–water partition coefficient (Wildman–Crippen LogP) is 1.26. The molecule has 0 bridgehead atoms. The molecule has 0 aliphatic heterocycles. The Hall–Kier alpha value is -2.70. The fraction of sp³-hybridized carbons (Fsp3) is 0.231. The summed E-state index contributed by atoms with van der Waals surface area (Å²) in [5.74, 6) is 0.613. The van der Waals surface area contributed by atoms with E-state index in [0.717, 1.165) is 22.5 Å². The van der Waals surface area contributed by atoms with E-state index in [1.165, 1.54) is 0 Å². The van der Waals surface area contributed by atoms with Gasteiger partial charge in [-0.3, -0.25) is 4.68 Å². The van der Waals surface area contributed by atoms with Crippen molar-refractivity contribution in [2.24, 2.45) is 7.05 Å². The molecule has 0 amide bonds. The van der Waals surface area contributed by atoms with Crippen LogP contribution in [0.1, 0.15) is 11.3 Å². The van der Waals surface area contributed by atoms with Crippen molar-refractivity contribution in [3.8, 4) is 17.1 Å². The van der Waals surface area contributed by atoms with Crippen LogP contribution in [0.3, 0.4) is 0 Å². The molecule has 2 heterocycles. The molecule has 0 fully saturated rings. The molecule has 0 spiro atoms. The highest BCUT2D eigenvalue weighted by molar-refractivity contribution is 5.73. The molecule has 3 rings (SSSR count). The Kier molecular flexibility index (Phi) is 2.74. The monoisotopic (exact) mass is 269 g/mol. The lowest BCUT2D eigenvalue weighted by Gasteiger charge is -2.06. The molecule has 0 aliphatic rings. The number of aryl methyl sites for hydroxylation is 3. The number of nitrogens with two attached hydrogens (primary N) is 1. The van der Waals surface area contributed by atoms with Crippen molar-refractivity contribution >= 4 is 5.69 Å². The van der Waals surface area contributed by atoms with Gasteiger partial charge in [0.05, 0.1) is 11.9 Å². The molecule has 0 saturated heterocycles. The Labute approximate surface area is 116 Å². The van der Waals surface area contributed by atoms with Gasteiger partial charge in [-0.1, -0.05) is 11.6 Å². The first-order chi connectivity index (χ1) is 9.56. The van der Waals surface area contributed by atoms with Crippen molar-refractivity contribution in [2.75, 3.05) is 5.73 Å². The van der Waals surface area contributed by atoms with E-state index in [9.17, 15) is 0 Å². The van der Waals surface area contributed by atoms with Crippen LogP contribution >= 0.6 is 0 Å². The van der Waals surface area contributed by atoms with Crippen LogP contribution in [-0.4, -0.2) is 30.0 Å². The van der Waals surface area contributed by atoms with E-state index in [2.05, 4.69) is 20.6 Å². The van der Waals surface area contributed by atoms with Gasteiger partial charge in [-0.25, -0.2) is 0 Å². The number of rotatable bonds is 2. The maximum absolute atomic E-state index is 6.04. The van der Waals surface area contributed by atoms with Crippen LogP contribution in [0.4, 0.5) is 5.69 Å². The number of hydrogen-bond acceptors (Lipinski definition) is 5. The molecule has 0 saturated carbocycles. The van der Waals surface area contributed by atoms with Gasteiger partial charge in [0.15, 0.2) is 5.82 Å². The third-order valence-corrected chi connectivity index (χ3v) is 3.13. The maximum atomic E-state index is 6.04. The molecule has 2 N–H and O–H groups in total. The minimum Gasteiger partial charge on any atom is -0.398 e. The lowest BCUT2D eigenvalue weighted by atomic mass is 10.1. The van der Waals surface area contributed by atoms with E-state index >= 15 is 0 Å². The summed E-state index contributed by atoms with van der Waals surface area (Å²) in [4.78, 5) is 0. The molecule has 1 aromatic carbocycles. The zero-order chi connectivity index (χ0) is 14.3. The highest BCUT2D eigenvalue weighted by atomic mass is 15.5. The summed E-state index contributed by atoms with van der Waals surface area (Å²) in [6, 6.07) is 5.80. The molecule has 3 aromatic rings. The van der Waals surface area contributed by atoms with E-state index in [1.54, 1.807) is 9.36 Å². The molecule has 102 valence electrons. The van der Waals surface area contributed by atoms with Gasteiger partial charge in [0.25, 0.3) is 0 Å². The van der Waals surface area contributed by atoms with Gasteiger partial charge in [-0.2, -0.15) is 9.78 Å². The largest absolute Gasteiger partial charge is 0.398 e. The van der Waals surface area contributed by atoms with Crippen LogP contribution in [0.5, 0.6) is 0 Å². The number of nitrogen functional groups attached to an aromatic ring is 1. The highest BCUT2D eigenvalue weighted by Crippen LogP contribution is 2.26. The van der Waals surface area contributed by atoms with Crippen molar-refractivity contribution < 1.29 is 0 Å². The minimum atomic E-state index is 0.613. The molecule has 7 heteroatoms. The Morgan fingerprint density at radius 1 is 1.20 bits per heavy atom. The van der Waals surface area contributed by atoms with Crippen molar-refractivity contribution in [3.05, 3.63) is 35.7 Å². The number of aromatic nitrogens is 6. The van der Waals surface area contributed by atoms with Crippen LogP contribution in [0.15, 0.2) is 24.4 Å². The van der Waals surface area contributed by atoms with E-state index in [4.69, 9.17) is 5.73 Å². The Bertz CT molecular complexity index is 769. The first kappa shape index (κ1) is 12.3. The Balaban J connectivity index is 2.20. The fourth-order valence-corrected chi connectivity index (χ4v) is 2.18. The second-order valence-electron chi connectivity index (χ2n) is 4.78. The normalized spacial score (nSPS) is 10.9. The smallest absolute Gasteiger partial charge is 0.189 e. The summed E-state index contributed by atoms with van der Waals surface area (Å²) in [5.41, 5.74) is 10.3. The number of benzene rings is 1. The maximum Gasteiger partial charge on any atom is 0.189 e. The van der Waals surface area contributed by atoms with Crippen LogP contribution in [-0.2, 0) is 7.05 Å². The second-order valence-corrected chi connectivity index (χ2v) is 4.78. The van der Waals surface area contributed by atoms with Gasteiger partial charge < -0.3 is 5.73 Å². The van der Waals surface area contributed by atoms with Crippen molar-refractivity contribution in [3.63, 3.8) is 0 Å². The molecule has 0 aliphatic carbocycles.